The molecule has 1 atom stereocenters. The van der Waals surface area contributed by atoms with E-state index >= 15 is 0 Å². The van der Waals surface area contributed by atoms with Crippen molar-refractivity contribution in [3.05, 3.63) is 21.7 Å². The lowest BCUT2D eigenvalue weighted by molar-refractivity contribution is 0.632. The Morgan fingerprint density at radius 2 is 2.38 bits per heavy atom. The predicted molar refractivity (Wildman–Crippen MR) is 51.4 cm³/mol. The van der Waals surface area contributed by atoms with Crippen molar-refractivity contribution in [3.63, 3.8) is 0 Å². The third-order valence-electron chi connectivity index (χ3n) is 2.43. The Labute approximate surface area is 80.8 Å². The van der Waals surface area contributed by atoms with Crippen LogP contribution in [0.5, 0.6) is 0 Å². The first-order valence-corrected chi connectivity index (χ1v) is 4.47. The molecule has 0 unspecified atom stereocenters. The van der Waals surface area contributed by atoms with Crippen molar-refractivity contribution in [2.75, 3.05) is 11.9 Å². The van der Waals surface area contributed by atoms with Gasteiger partial charge in [0, 0.05) is 25.7 Å². The summed E-state index contributed by atoms with van der Waals surface area (Å²) in [7, 11) is 1.94. The van der Waals surface area contributed by atoms with Crippen molar-refractivity contribution < 1.29 is 0 Å². The average Bonchev–Trinajstić information content (AvgIpc) is 2.32. The topological polar surface area (TPSA) is 38.1 Å². The Balaban J connectivity index is 2.64. The normalized spacial score (nSPS) is 20.5. The monoisotopic (exact) mass is 199 g/mol. The van der Waals surface area contributed by atoms with Gasteiger partial charge in [0.2, 0.25) is 0 Å². The Morgan fingerprint density at radius 3 is 3.08 bits per heavy atom. The maximum absolute atomic E-state index is 11.4. The molecule has 1 aromatic rings. The Morgan fingerprint density at radius 1 is 1.69 bits per heavy atom. The van der Waals surface area contributed by atoms with Gasteiger partial charge in [0.15, 0.2) is 0 Å². The van der Waals surface area contributed by atoms with Gasteiger partial charge in [0.25, 0.3) is 0 Å². The van der Waals surface area contributed by atoms with E-state index in [1.807, 2.05) is 11.9 Å². The van der Waals surface area contributed by atoms with E-state index in [1.54, 1.807) is 10.6 Å². The zero-order valence-electron chi connectivity index (χ0n) is 7.49. The number of aromatic nitrogens is 2. The molecule has 13 heavy (non-hydrogen) atoms. The number of fused-ring (bicyclic) bond motifs is 1. The van der Waals surface area contributed by atoms with Gasteiger partial charge in [-0.3, -0.25) is 4.57 Å². The fourth-order valence-corrected chi connectivity index (χ4v) is 1.71. The summed E-state index contributed by atoms with van der Waals surface area (Å²) in [5, 5.41) is 0.261. The van der Waals surface area contributed by atoms with Gasteiger partial charge in [-0.1, -0.05) is 11.6 Å². The number of nitrogens with zero attached hydrogens (tertiary/aromatic N) is 3. The van der Waals surface area contributed by atoms with E-state index in [0.717, 1.165) is 5.82 Å². The molecule has 0 fully saturated rings. The summed E-state index contributed by atoms with van der Waals surface area (Å²) in [6.45, 7) is 2.75. The van der Waals surface area contributed by atoms with Crippen LogP contribution in [-0.2, 0) is 6.54 Å². The molecule has 70 valence electrons. The van der Waals surface area contributed by atoms with Crippen LogP contribution in [0.3, 0.4) is 0 Å². The van der Waals surface area contributed by atoms with Crippen LogP contribution in [0.25, 0.3) is 0 Å². The molecular weight excluding hydrogens is 190 g/mol. The van der Waals surface area contributed by atoms with Crippen LogP contribution in [0.4, 0.5) is 5.82 Å². The molecule has 0 aromatic carbocycles. The second-order valence-electron chi connectivity index (χ2n) is 3.29. The molecule has 1 aromatic heterocycles. The van der Waals surface area contributed by atoms with Crippen molar-refractivity contribution in [2.24, 2.45) is 0 Å². The molecule has 0 N–H and O–H groups in total. The third-order valence-corrected chi connectivity index (χ3v) is 2.62. The lowest BCUT2D eigenvalue weighted by atomic mass is 10.3. The molecule has 1 aliphatic rings. The first-order chi connectivity index (χ1) is 6.09. The summed E-state index contributed by atoms with van der Waals surface area (Å²) in [4.78, 5) is 17.0. The second kappa shape index (κ2) is 2.73. The van der Waals surface area contributed by atoms with Crippen molar-refractivity contribution in [1.29, 1.82) is 0 Å². The third kappa shape index (κ3) is 1.21. The Kier molecular flexibility index (Phi) is 1.80. The number of hydrogen-bond acceptors (Lipinski definition) is 3. The minimum atomic E-state index is -0.265. The molecule has 2 rings (SSSR count). The van der Waals surface area contributed by atoms with E-state index < -0.39 is 0 Å². The second-order valence-corrected chi connectivity index (χ2v) is 3.68. The van der Waals surface area contributed by atoms with E-state index in [-0.39, 0.29) is 10.8 Å². The summed E-state index contributed by atoms with van der Waals surface area (Å²) in [5.74, 6) is 0.845. The summed E-state index contributed by atoms with van der Waals surface area (Å²) < 4.78 is 1.64. The molecule has 0 amide bonds. The molecule has 1 aliphatic heterocycles. The summed E-state index contributed by atoms with van der Waals surface area (Å²) in [6, 6.07) is 2.04. The summed E-state index contributed by atoms with van der Waals surface area (Å²) >= 11 is 5.69. The highest BCUT2D eigenvalue weighted by Crippen LogP contribution is 2.23. The van der Waals surface area contributed by atoms with Crippen LogP contribution >= 0.6 is 11.6 Å². The van der Waals surface area contributed by atoms with Crippen LogP contribution in [0.15, 0.2) is 10.9 Å². The molecule has 2 heterocycles. The quantitative estimate of drug-likeness (QED) is 0.579. The molecule has 0 spiro atoms. The minimum Gasteiger partial charge on any atom is -0.356 e. The molecule has 0 saturated carbocycles. The Bertz CT molecular complexity index is 401. The van der Waals surface area contributed by atoms with Crippen LogP contribution < -0.4 is 10.6 Å². The highest BCUT2D eigenvalue weighted by atomic mass is 35.5. The van der Waals surface area contributed by atoms with Crippen molar-refractivity contribution in [3.8, 4) is 0 Å². The van der Waals surface area contributed by atoms with Gasteiger partial charge in [-0.25, -0.2) is 4.79 Å². The van der Waals surface area contributed by atoms with E-state index in [0.29, 0.717) is 12.6 Å². The minimum absolute atomic E-state index is 0.261. The lowest BCUT2D eigenvalue weighted by Gasteiger charge is -2.15. The van der Waals surface area contributed by atoms with Crippen LogP contribution in [-0.4, -0.2) is 22.6 Å². The molecule has 0 saturated heterocycles. The van der Waals surface area contributed by atoms with Gasteiger partial charge in [-0.05, 0) is 6.92 Å². The Hall–Kier alpha value is -1.03. The first kappa shape index (κ1) is 8.56. The SMILES string of the molecule is C[C@@H]1Cn2c(cc(Cl)nc2=O)N1C. The maximum atomic E-state index is 11.4. The van der Waals surface area contributed by atoms with E-state index in [9.17, 15) is 4.79 Å². The molecular formula is C8H10ClN3O. The van der Waals surface area contributed by atoms with Gasteiger partial charge < -0.3 is 4.90 Å². The van der Waals surface area contributed by atoms with Crippen LogP contribution in [0.2, 0.25) is 5.15 Å². The number of anilines is 1. The smallest absolute Gasteiger partial charge is 0.350 e. The van der Waals surface area contributed by atoms with Gasteiger partial charge in [0.05, 0.1) is 0 Å². The molecule has 0 radical (unpaired) electrons. The van der Waals surface area contributed by atoms with Crippen LogP contribution in [0, 0.1) is 0 Å². The van der Waals surface area contributed by atoms with Crippen LogP contribution in [0.1, 0.15) is 6.92 Å². The summed E-state index contributed by atoms with van der Waals surface area (Å²) in [5.41, 5.74) is -0.265. The molecule has 4 nitrogen and oxygen atoms in total. The van der Waals surface area contributed by atoms with Gasteiger partial charge in [-0.15, -0.1) is 0 Å². The van der Waals surface area contributed by atoms with E-state index in [1.165, 1.54) is 0 Å². The first-order valence-electron chi connectivity index (χ1n) is 4.10. The maximum Gasteiger partial charge on any atom is 0.350 e. The fourth-order valence-electron chi connectivity index (χ4n) is 1.54. The highest BCUT2D eigenvalue weighted by Gasteiger charge is 2.24. The predicted octanol–water partition coefficient (Wildman–Crippen LogP) is 0.735. The lowest BCUT2D eigenvalue weighted by Crippen LogP contribution is -2.23. The molecule has 5 heteroatoms. The highest BCUT2D eigenvalue weighted by molar-refractivity contribution is 6.29. The van der Waals surface area contributed by atoms with E-state index in [4.69, 9.17) is 11.6 Å². The number of rotatable bonds is 0. The number of likely N-dealkylation sites (N-methyl/N-ethyl adjacent to an activating group) is 1. The van der Waals surface area contributed by atoms with Crippen molar-refractivity contribution in [2.45, 2.75) is 19.5 Å². The van der Waals surface area contributed by atoms with Crippen molar-refractivity contribution >= 4 is 17.4 Å². The zero-order valence-corrected chi connectivity index (χ0v) is 8.25. The van der Waals surface area contributed by atoms with Gasteiger partial charge >= 0.3 is 5.69 Å². The average molecular weight is 200 g/mol. The number of hydrogen-bond donors (Lipinski definition) is 0. The van der Waals surface area contributed by atoms with E-state index in [2.05, 4.69) is 11.9 Å². The standard InChI is InChI=1S/C8H10ClN3O/c1-5-4-12-7(11(5)2)3-6(9)10-8(12)13/h3,5H,4H2,1-2H3/t5-/m1/s1. The fraction of sp³-hybridized carbons (Fsp3) is 0.500. The zero-order chi connectivity index (χ0) is 9.59. The molecule has 0 aliphatic carbocycles. The largest absolute Gasteiger partial charge is 0.356 e. The van der Waals surface area contributed by atoms with Gasteiger partial charge in [-0.2, -0.15) is 4.98 Å². The van der Waals surface area contributed by atoms with Crippen molar-refractivity contribution in [1.82, 2.24) is 9.55 Å². The summed E-state index contributed by atoms with van der Waals surface area (Å²) in [6.07, 6.45) is 0. The molecule has 0 bridgehead atoms. The number of halogens is 1. The van der Waals surface area contributed by atoms with Gasteiger partial charge in [0.1, 0.15) is 11.0 Å².